The predicted octanol–water partition coefficient (Wildman–Crippen LogP) is 4.14. The molecule has 12 heteroatoms. The maximum Gasteiger partial charge on any atom is 0.276 e. The number of H-pyrrole nitrogens is 1. The lowest BCUT2D eigenvalue weighted by Crippen LogP contribution is -2.47. The Kier molecular flexibility index (Phi) is 9.02. The third-order valence-corrected chi connectivity index (χ3v) is 10.4. The molecule has 3 fully saturated rings. The van der Waals surface area contributed by atoms with Gasteiger partial charge in [-0.15, -0.1) is 0 Å². The fourth-order valence-corrected chi connectivity index (χ4v) is 7.63. The molecule has 4 aromatic rings. The van der Waals surface area contributed by atoms with Crippen molar-refractivity contribution in [2.75, 3.05) is 38.6 Å². The number of halogens is 1. The van der Waals surface area contributed by atoms with Crippen molar-refractivity contribution in [1.82, 2.24) is 29.9 Å². The minimum absolute atomic E-state index is 0.184. The number of nitrogens with zero attached hydrogens (tertiary/aromatic N) is 4. The van der Waals surface area contributed by atoms with Gasteiger partial charge in [0.2, 0.25) is 11.8 Å². The number of amides is 2. The third-order valence-electron chi connectivity index (χ3n) is 10.4. The number of anilines is 1. The normalized spacial score (nSPS) is 20.3. The molecule has 1 atom stereocenters. The average Bonchev–Trinajstić information content (AvgIpc) is 3.60. The summed E-state index contributed by atoms with van der Waals surface area (Å²) in [6.07, 6.45) is 8.48. The number of carbonyl (C=O) groups is 2. The molecule has 0 spiro atoms. The molecule has 0 bridgehead atoms. The summed E-state index contributed by atoms with van der Waals surface area (Å²) in [5.41, 5.74) is 4.32. The van der Waals surface area contributed by atoms with Crippen molar-refractivity contribution in [3.63, 3.8) is 0 Å². The highest BCUT2D eigenvalue weighted by Crippen LogP contribution is 2.35. The van der Waals surface area contributed by atoms with Crippen LogP contribution in [0.4, 0.5) is 10.1 Å². The van der Waals surface area contributed by atoms with Gasteiger partial charge >= 0.3 is 0 Å². The van der Waals surface area contributed by atoms with Gasteiger partial charge < -0.3 is 19.5 Å². The standard InChI is InChI=1S/C36H42FN7O4/c1-42-20-28(27-19-38-41-34(27)36(42)47)24-17-30(37)29(32(18-24)48-2)21-43-13-11-26(12-14-43)44-15-9-23(10-16-44)22-3-5-25(6-4-22)39-31-7-8-33(45)40-35(31)46/h3-6,17-20,23,26,31,39H,7-16,21H2,1-2H3,(H,38,41)(H,40,45,46). The second-order valence-corrected chi connectivity index (χ2v) is 13.3. The maximum absolute atomic E-state index is 15.7. The Morgan fingerprint density at radius 3 is 2.46 bits per heavy atom. The molecule has 3 N–H and O–H groups in total. The lowest BCUT2D eigenvalue weighted by atomic mass is 9.88. The van der Waals surface area contributed by atoms with Crippen molar-refractivity contribution in [1.29, 1.82) is 0 Å². The van der Waals surface area contributed by atoms with E-state index in [-0.39, 0.29) is 29.2 Å². The first-order chi connectivity index (χ1) is 23.3. The van der Waals surface area contributed by atoms with Crippen molar-refractivity contribution in [3.05, 3.63) is 76.1 Å². The van der Waals surface area contributed by atoms with Crippen molar-refractivity contribution < 1.29 is 18.7 Å². The quantitative estimate of drug-likeness (QED) is 0.242. The first-order valence-electron chi connectivity index (χ1n) is 16.8. The Morgan fingerprint density at radius 2 is 1.75 bits per heavy atom. The van der Waals surface area contributed by atoms with Gasteiger partial charge in [-0.25, -0.2) is 4.39 Å². The number of aryl methyl sites for hydroxylation is 1. The van der Waals surface area contributed by atoms with E-state index in [1.807, 2.05) is 18.2 Å². The zero-order valence-corrected chi connectivity index (χ0v) is 27.4. The summed E-state index contributed by atoms with van der Waals surface area (Å²) in [7, 11) is 3.24. The van der Waals surface area contributed by atoms with Gasteiger partial charge in [0.25, 0.3) is 5.56 Å². The van der Waals surface area contributed by atoms with Crippen LogP contribution in [0.3, 0.4) is 0 Å². The van der Waals surface area contributed by atoms with Crippen LogP contribution in [0.5, 0.6) is 5.75 Å². The summed E-state index contributed by atoms with van der Waals surface area (Å²) in [5.74, 6) is 0.221. The van der Waals surface area contributed by atoms with Gasteiger partial charge in [0.15, 0.2) is 0 Å². The van der Waals surface area contributed by atoms with E-state index in [1.165, 1.54) is 16.2 Å². The first-order valence-corrected chi connectivity index (χ1v) is 16.8. The van der Waals surface area contributed by atoms with E-state index in [0.29, 0.717) is 64.7 Å². The topological polar surface area (TPSA) is 125 Å². The minimum atomic E-state index is -0.377. The molecule has 0 aliphatic carbocycles. The number of fused-ring (bicyclic) bond motifs is 1. The molecule has 3 aliphatic rings. The van der Waals surface area contributed by atoms with Gasteiger partial charge in [0.05, 0.1) is 13.3 Å². The zero-order valence-electron chi connectivity index (χ0n) is 27.4. The number of ether oxygens (including phenoxy) is 1. The number of nitrogens with one attached hydrogen (secondary N) is 3. The highest BCUT2D eigenvalue weighted by molar-refractivity contribution is 6.01. The number of carbonyl (C=O) groups excluding carboxylic acids is 2. The molecule has 3 aliphatic heterocycles. The predicted molar refractivity (Wildman–Crippen MR) is 181 cm³/mol. The molecule has 2 aromatic heterocycles. The summed E-state index contributed by atoms with van der Waals surface area (Å²) in [5, 5.41) is 13.1. The van der Waals surface area contributed by atoms with E-state index in [0.717, 1.165) is 57.5 Å². The highest BCUT2D eigenvalue weighted by atomic mass is 19.1. The largest absolute Gasteiger partial charge is 0.496 e. The summed E-state index contributed by atoms with van der Waals surface area (Å²) >= 11 is 0. The molecule has 7 rings (SSSR count). The molecule has 1 unspecified atom stereocenters. The van der Waals surface area contributed by atoms with Crippen LogP contribution in [0.2, 0.25) is 0 Å². The Balaban J connectivity index is 0.922. The fourth-order valence-electron chi connectivity index (χ4n) is 7.63. The monoisotopic (exact) mass is 655 g/mol. The number of methoxy groups -OCH3 is 1. The van der Waals surface area contributed by atoms with Crippen molar-refractivity contribution in [2.24, 2.45) is 7.05 Å². The van der Waals surface area contributed by atoms with Gasteiger partial charge in [-0.2, -0.15) is 5.10 Å². The van der Waals surface area contributed by atoms with Crippen LogP contribution >= 0.6 is 0 Å². The Hall–Kier alpha value is -4.55. The Bertz CT molecular complexity index is 1870. The summed E-state index contributed by atoms with van der Waals surface area (Å²) < 4.78 is 22.9. The first kappa shape index (κ1) is 32.0. The number of aromatic nitrogens is 3. The lowest BCUT2D eigenvalue weighted by Gasteiger charge is -2.42. The zero-order chi connectivity index (χ0) is 33.4. The van der Waals surface area contributed by atoms with Crippen LogP contribution in [0, 0.1) is 5.82 Å². The van der Waals surface area contributed by atoms with Crippen LogP contribution in [0.25, 0.3) is 22.0 Å². The number of hydrogen-bond acceptors (Lipinski definition) is 8. The molecule has 252 valence electrons. The SMILES string of the molecule is COc1cc(-c2cn(C)c(=O)c3[nH]ncc23)cc(F)c1CN1CCC(N2CCC(c3ccc(NC4CCC(=O)NC4=O)cc3)CC2)CC1. The second-order valence-electron chi connectivity index (χ2n) is 13.3. The van der Waals surface area contributed by atoms with Crippen LogP contribution in [0.15, 0.2) is 53.6 Å². The third kappa shape index (κ3) is 6.46. The molecule has 5 heterocycles. The molecule has 0 saturated carbocycles. The van der Waals surface area contributed by atoms with Gasteiger partial charge in [-0.1, -0.05) is 12.1 Å². The molecule has 2 aromatic carbocycles. The fraction of sp³-hybridized carbons (Fsp3) is 0.444. The van der Waals surface area contributed by atoms with E-state index in [2.05, 4.69) is 42.8 Å². The van der Waals surface area contributed by atoms with Crippen molar-refractivity contribution in [2.45, 2.75) is 63.1 Å². The molecule has 0 radical (unpaired) electrons. The van der Waals surface area contributed by atoms with Crippen molar-refractivity contribution >= 4 is 28.4 Å². The summed E-state index contributed by atoms with van der Waals surface area (Å²) in [4.78, 5) is 40.9. The van der Waals surface area contributed by atoms with E-state index >= 15 is 4.39 Å². The Labute approximate surface area is 278 Å². The number of piperidine rings is 3. The van der Waals surface area contributed by atoms with Gasteiger partial charge in [0, 0.05) is 54.5 Å². The number of benzene rings is 2. The molecule has 11 nitrogen and oxygen atoms in total. The van der Waals surface area contributed by atoms with Gasteiger partial charge in [-0.05, 0) is 99.6 Å². The van der Waals surface area contributed by atoms with E-state index in [4.69, 9.17) is 4.74 Å². The van der Waals surface area contributed by atoms with Gasteiger partial charge in [0.1, 0.15) is 23.1 Å². The number of rotatable bonds is 8. The second kappa shape index (κ2) is 13.5. The number of pyridine rings is 1. The van der Waals surface area contributed by atoms with E-state index < -0.39 is 0 Å². The molecule has 48 heavy (non-hydrogen) atoms. The number of hydrogen-bond donors (Lipinski definition) is 3. The van der Waals surface area contributed by atoms with Crippen LogP contribution in [-0.2, 0) is 23.2 Å². The average molecular weight is 656 g/mol. The number of imide groups is 1. The molecule has 2 amide bonds. The minimum Gasteiger partial charge on any atom is -0.496 e. The lowest BCUT2D eigenvalue weighted by molar-refractivity contribution is -0.133. The molecular formula is C36H42FN7O4. The number of likely N-dealkylation sites (tertiary alicyclic amines) is 2. The van der Waals surface area contributed by atoms with Crippen LogP contribution in [-0.4, -0.2) is 81.8 Å². The maximum atomic E-state index is 15.7. The smallest absolute Gasteiger partial charge is 0.276 e. The highest BCUT2D eigenvalue weighted by Gasteiger charge is 2.30. The summed E-state index contributed by atoms with van der Waals surface area (Å²) in [6, 6.07) is 11.9. The molecule has 3 saturated heterocycles. The van der Waals surface area contributed by atoms with Crippen molar-refractivity contribution in [3.8, 4) is 16.9 Å². The van der Waals surface area contributed by atoms with Gasteiger partial charge in [-0.3, -0.25) is 29.7 Å². The van der Waals surface area contributed by atoms with Crippen LogP contribution < -0.4 is 20.9 Å². The summed E-state index contributed by atoms with van der Waals surface area (Å²) in [6.45, 7) is 4.39. The van der Waals surface area contributed by atoms with E-state index in [1.54, 1.807) is 26.6 Å². The molecular weight excluding hydrogens is 613 g/mol. The number of aromatic amines is 1. The van der Waals surface area contributed by atoms with Crippen LogP contribution in [0.1, 0.15) is 55.6 Å². The van der Waals surface area contributed by atoms with E-state index in [9.17, 15) is 14.4 Å². The Morgan fingerprint density at radius 1 is 1.00 bits per heavy atom.